The van der Waals surface area contributed by atoms with Crippen LogP contribution in [0.2, 0.25) is 10.0 Å². The van der Waals surface area contributed by atoms with E-state index in [0.717, 1.165) is 11.1 Å². The maximum Gasteiger partial charge on any atom is 0.233 e. The summed E-state index contributed by atoms with van der Waals surface area (Å²) in [7, 11) is 0. The van der Waals surface area contributed by atoms with Gasteiger partial charge < -0.3 is 15.9 Å². The fraction of sp³-hybridized carbons (Fsp3) is 0.200. The minimum atomic E-state index is 0.100. The van der Waals surface area contributed by atoms with E-state index in [1.54, 1.807) is 12.3 Å². The molecule has 0 spiro atoms. The second kappa shape index (κ2) is 5.66. The van der Waals surface area contributed by atoms with Crippen molar-refractivity contribution in [2.24, 2.45) is 0 Å². The summed E-state index contributed by atoms with van der Waals surface area (Å²) in [5.41, 5.74) is 13.9. The van der Waals surface area contributed by atoms with Gasteiger partial charge in [0.05, 0.1) is 21.7 Å². The third kappa shape index (κ3) is 2.69. The van der Waals surface area contributed by atoms with Crippen molar-refractivity contribution in [3.8, 4) is 0 Å². The van der Waals surface area contributed by atoms with Crippen LogP contribution in [0.1, 0.15) is 24.0 Å². The Hall–Kier alpha value is -1.98. The summed E-state index contributed by atoms with van der Waals surface area (Å²) in [5.74, 6) is 0.628. The molecule has 2 heterocycles. The van der Waals surface area contributed by atoms with E-state index in [-0.39, 0.29) is 11.9 Å². The maximum atomic E-state index is 6.07. The van der Waals surface area contributed by atoms with Gasteiger partial charge in [-0.05, 0) is 30.0 Å². The number of nitrogens with zero attached hydrogens (tertiary/aromatic N) is 2. The van der Waals surface area contributed by atoms with Crippen LogP contribution in [0.4, 0.5) is 11.8 Å². The highest BCUT2D eigenvalue weighted by molar-refractivity contribution is 6.42. The molecule has 3 aromatic rings. The van der Waals surface area contributed by atoms with Gasteiger partial charge in [-0.2, -0.15) is 9.97 Å². The normalized spacial score (nSPS) is 12.7. The first-order valence-electron chi connectivity index (χ1n) is 6.69. The number of aromatic nitrogens is 2. The van der Waals surface area contributed by atoms with Gasteiger partial charge in [-0.1, -0.05) is 36.2 Å². The van der Waals surface area contributed by atoms with Crippen LogP contribution in [0.15, 0.2) is 28.9 Å². The van der Waals surface area contributed by atoms with E-state index < -0.39 is 0 Å². The zero-order valence-corrected chi connectivity index (χ0v) is 13.3. The molecule has 0 saturated heterocycles. The molecule has 22 heavy (non-hydrogen) atoms. The number of furan rings is 1. The Morgan fingerprint density at radius 3 is 2.68 bits per heavy atom. The third-order valence-electron chi connectivity index (χ3n) is 3.59. The number of hydrogen-bond donors (Lipinski definition) is 2. The van der Waals surface area contributed by atoms with Crippen molar-refractivity contribution in [3.63, 3.8) is 0 Å². The van der Waals surface area contributed by atoms with Gasteiger partial charge in [-0.25, -0.2) is 0 Å². The molecule has 0 aliphatic heterocycles. The zero-order chi connectivity index (χ0) is 15.9. The van der Waals surface area contributed by atoms with E-state index >= 15 is 0 Å². The lowest BCUT2D eigenvalue weighted by Crippen LogP contribution is -2.02. The highest BCUT2D eigenvalue weighted by atomic mass is 35.5. The van der Waals surface area contributed by atoms with Gasteiger partial charge in [-0.15, -0.1) is 0 Å². The summed E-state index contributed by atoms with van der Waals surface area (Å²) in [5, 5.41) is 1.79. The summed E-state index contributed by atoms with van der Waals surface area (Å²) in [6.07, 6.45) is 2.35. The Kier molecular flexibility index (Phi) is 3.85. The highest BCUT2D eigenvalue weighted by Gasteiger charge is 2.16. The molecular formula is C15H14Cl2N4O. The number of rotatable bonds is 3. The molecule has 1 atom stereocenters. The van der Waals surface area contributed by atoms with Gasteiger partial charge in [-0.3, -0.25) is 0 Å². The van der Waals surface area contributed by atoms with Crippen LogP contribution >= 0.6 is 23.2 Å². The standard InChI is InChI=1S/C15H14Cl2N4O/c1-7(8-2-3-10(16)11(17)5-8)4-9-6-22-14-12(9)13(18)20-15(19)21-14/h2-3,5-7H,4H2,1H3,(H4,18,19,20,21). The molecule has 1 unspecified atom stereocenters. The number of halogens is 2. The monoisotopic (exact) mass is 336 g/mol. The molecule has 0 fully saturated rings. The maximum absolute atomic E-state index is 6.07. The van der Waals surface area contributed by atoms with E-state index in [9.17, 15) is 0 Å². The van der Waals surface area contributed by atoms with Crippen molar-refractivity contribution in [1.82, 2.24) is 9.97 Å². The van der Waals surface area contributed by atoms with Crippen molar-refractivity contribution in [3.05, 3.63) is 45.6 Å². The molecule has 0 radical (unpaired) electrons. The van der Waals surface area contributed by atoms with Gasteiger partial charge in [0.25, 0.3) is 0 Å². The van der Waals surface area contributed by atoms with E-state index in [1.807, 2.05) is 12.1 Å². The predicted octanol–water partition coefficient (Wildman–Crippen LogP) is 4.04. The fourth-order valence-corrected chi connectivity index (χ4v) is 2.77. The lowest BCUT2D eigenvalue weighted by Gasteiger charge is -2.12. The first-order valence-corrected chi connectivity index (χ1v) is 7.45. The predicted molar refractivity (Wildman–Crippen MR) is 89.2 cm³/mol. The van der Waals surface area contributed by atoms with E-state index in [1.165, 1.54) is 0 Å². The number of fused-ring (bicyclic) bond motifs is 1. The largest absolute Gasteiger partial charge is 0.446 e. The first kappa shape index (κ1) is 14.9. The van der Waals surface area contributed by atoms with Crippen molar-refractivity contribution in [2.75, 3.05) is 11.5 Å². The van der Waals surface area contributed by atoms with Crippen molar-refractivity contribution in [1.29, 1.82) is 0 Å². The molecule has 7 heteroatoms. The van der Waals surface area contributed by atoms with Gasteiger partial charge in [0.2, 0.25) is 11.7 Å². The Balaban J connectivity index is 1.94. The quantitative estimate of drug-likeness (QED) is 0.753. The zero-order valence-electron chi connectivity index (χ0n) is 11.8. The Morgan fingerprint density at radius 2 is 1.95 bits per heavy atom. The highest BCUT2D eigenvalue weighted by Crippen LogP contribution is 2.32. The minimum absolute atomic E-state index is 0.100. The molecule has 4 N–H and O–H groups in total. The van der Waals surface area contributed by atoms with E-state index in [4.69, 9.17) is 39.1 Å². The number of hydrogen-bond acceptors (Lipinski definition) is 5. The topological polar surface area (TPSA) is 91.0 Å². The molecule has 114 valence electrons. The summed E-state index contributed by atoms with van der Waals surface area (Å²) in [4.78, 5) is 8.03. The Morgan fingerprint density at radius 1 is 1.18 bits per heavy atom. The summed E-state index contributed by atoms with van der Waals surface area (Å²) in [6.45, 7) is 2.09. The van der Waals surface area contributed by atoms with Crippen LogP contribution in [-0.2, 0) is 6.42 Å². The van der Waals surface area contributed by atoms with Crippen molar-refractivity contribution in [2.45, 2.75) is 19.3 Å². The van der Waals surface area contributed by atoms with Crippen molar-refractivity contribution >= 4 is 46.1 Å². The van der Waals surface area contributed by atoms with Crippen LogP contribution in [0.5, 0.6) is 0 Å². The number of nitrogen functional groups attached to an aromatic ring is 2. The molecule has 0 amide bonds. The average Bonchev–Trinajstić information content (AvgIpc) is 2.84. The second-order valence-electron chi connectivity index (χ2n) is 5.19. The molecular weight excluding hydrogens is 323 g/mol. The van der Waals surface area contributed by atoms with Gasteiger partial charge in [0, 0.05) is 5.56 Å². The summed E-state index contributed by atoms with van der Waals surface area (Å²) in [6, 6.07) is 5.62. The molecule has 2 aromatic heterocycles. The van der Waals surface area contributed by atoms with Crippen LogP contribution in [0, 0.1) is 0 Å². The third-order valence-corrected chi connectivity index (χ3v) is 4.33. The number of nitrogens with two attached hydrogens (primary N) is 2. The smallest absolute Gasteiger partial charge is 0.233 e. The minimum Gasteiger partial charge on any atom is -0.446 e. The molecule has 0 aliphatic carbocycles. The van der Waals surface area contributed by atoms with Crippen molar-refractivity contribution < 1.29 is 4.42 Å². The summed E-state index contributed by atoms with van der Waals surface area (Å²) < 4.78 is 5.43. The molecule has 5 nitrogen and oxygen atoms in total. The van der Waals surface area contributed by atoms with Gasteiger partial charge in [0.1, 0.15) is 5.82 Å². The molecule has 3 rings (SSSR count). The Bertz CT molecular complexity index is 847. The first-order chi connectivity index (χ1) is 10.5. The van der Waals surface area contributed by atoms with Gasteiger partial charge >= 0.3 is 0 Å². The van der Waals surface area contributed by atoms with Gasteiger partial charge in [0.15, 0.2) is 0 Å². The Labute approximate surface area is 137 Å². The fourth-order valence-electron chi connectivity index (χ4n) is 2.46. The van der Waals surface area contributed by atoms with Crippen LogP contribution in [-0.4, -0.2) is 9.97 Å². The lowest BCUT2D eigenvalue weighted by atomic mass is 9.94. The molecule has 0 saturated carbocycles. The van der Waals surface area contributed by atoms with E-state index in [0.29, 0.717) is 33.4 Å². The summed E-state index contributed by atoms with van der Waals surface area (Å²) >= 11 is 12.0. The molecule has 0 aliphatic rings. The van der Waals surface area contributed by atoms with Crippen LogP contribution < -0.4 is 11.5 Å². The van der Waals surface area contributed by atoms with Crippen LogP contribution in [0.3, 0.4) is 0 Å². The van der Waals surface area contributed by atoms with Crippen LogP contribution in [0.25, 0.3) is 11.1 Å². The molecule has 1 aromatic carbocycles. The number of anilines is 2. The average molecular weight is 337 g/mol. The second-order valence-corrected chi connectivity index (χ2v) is 6.00. The lowest BCUT2D eigenvalue weighted by molar-refractivity contribution is 0.595. The molecule has 0 bridgehead atoms. The number of benzene rings is 1. The van der Waals surface area contributed by atoms with E-state index in [2.05, 4.69) is 16.9 Å². The SMILES string of the molecule is CC(Cc1coc2nc(N)nc(N)c12)c1ccc(Cl)c(Cl)c1.